The lowest BCUT2D eigenvalue weighted by Crippen LogP contribution is -2.14. The number of aryl methyl sites for hydroxylation is 1. The van der Waals surface area contributed by atoms with Crippen molar-refractivity contribution in [1.82, 2.24) is 5.16 Å². The molecule has 1 aromatic heterocycles. The molecule has 1 aromatic carbocycles. The highest BCUT2D eigenvalue weighted by molar-refractivity contribution is 7.92. The lowest BCUT2D eigenvalue weighted by molar-refractivity contribution is -0.385. The molecule has 0 aliphatic carbocycles. The van der Waals surface area contributed by atoms with Gasteiger partial charge in [0.1, 0.15) is 5.76 Å². The van der Waals surface area contributed by atoms with E-state index in [-0.39, 0.29) is 27.4 Å². The van der Waals surface area contributed by atoms with Gasteiger partial charge in [0.15, 0.2) is 5.82 Å². The molecule has 2 aromatic rings. The molecule has 0 bridgehead atoms. The summed E-state index contributed by atoms with van der Waals surface area (Å²) in [6, 6.07) is 5.06. The van der Waals surface area contributed by atoms with Crippen LogP contribution in [0.2, 0.25) is 0 Å². The summed E-state index contributed by atoms with van der Waals surface area (Å²) in [5.41, 5.74) is -0.205. The Hall–Kier alpha value is -2.42. The summed E-state index contributed by atoms with van der Waals surface area (Å²) in [7, 11) is -3.91. The summed E-state index contributed by atoms with van der Waals surface area (Å²) >= 11 is 0. The Balaban J connectivity index is 2.32. The van der Waals surface area contributed by atoms with Crippen LogP contribution in [0.15, 0.2) is 33.7 Å². The second-order valence-corrected chi connectivity index (χ2v) is 7.79. The van der Waals surface area contributed by atoms with Crippen LogP contribution in [0, 0.1) is 17.0 Å². The van der Waals surface area contributed by atoms with Gasteiger partial charge >= 0.3 is 0 Å². The first-order valence-corrected chi connectivity index (χ1v) is 8.24. The summed E-state index contributed by atoms with van der Waals surface area (Å²) in [5, 5.41) is 14.4. The van der Waals surface area contributed by atoms with Crippen molar-refractivity contribution in [3.05, 3.63) is 45.7 Å². The SMILES string of the molecule is Cc1cc([N+](=O)[O-])ccc1S(=O)(=O)Nc1cc(C(C)(C)C)on1. The topological polar surface area (TPSA) is 115 Å². The van der Waals surface area contributed by atoms with Gasteiger partial charge in [-0.25, -0.2) is 8.42 Å². The molecule has 8 nitrogen and oxygen atoms in total. The number of nitrogens with one attached hydrogen (secondary N) is 1. The van der Waals surface area contributed by atoms with E-state index in [0.29, 0.717) is 5.76 Å². The number of hydrogen-bond acceptors (Lipinski definition) is 6. The van der Waals surface area contributed by atoms with E-state index in [4.69, 9.17) is 4.52 Å². The van der Waals surface area contributed by atoms with Crippen molar-refractivity contribution in [2.45, 2.75) is 38.0 Å². The number of anilines is 1. The Kier molecular flexibility index (Phi) is 4.16. The number of nitro benzene ring substituents is 1. The highest BCUT2D eigenvalue weighted by Crippen LogP contribution is 2.27. The molecular formula is C14H17N3O5S. The van der Waals surface area contributed by atoms with Crippen LogP contribution in [-0.4, -0.2) is 18.5 Å². The van der Waals surface area contributed by atoms with Crippen molar-refractivity contribution in [3.63, 3.8) is 0 Å². The first-order chi connectivity index (χ1) is 10.5. The average molecular weight is 339 g/mol. The molecule has 0 saturated heterocycles. The lowest BCUT2D eigenvalue weighted by Gasteiger charge is -2.12. The average Bonchev–Trinajstić information content (AvgIpc) is 2.85. The predicted molar refractivity (Wildman–Crippen MR) is 83.8 cm³/mol. The number of hydrogen-bond donors (Lipinski definition) is 1. The fourth-order valence-electron chi connectivity index (χ4n) is 1.92. The van der Waals surface area contributed by atoms with Crippen LogP contribution >= 0.6 is 0 Å². The zero-order valence-electron chi connectivity index (χ0n) is 13.2. The van der Waals surface area contributed by atoms with Crippen LogP contribution in [-0.2, 0) is 15.4 Å². The quantitative estimate of drug-likeness (QED) is 0.676. The number of non-ortho nitro benzene ring substituents is 1. The van der Waals surface area contributed by atoms with Crippen LogP contribution in [0.25, 0.3) is 0 Å². The van der Waals surface area contributed by atoms with Crippen molar-refractivity contribution in [3.8, 4) is 0 Å². The maximum atomic E-state index is 12.4. The standard InChI is InChI=1S/C14H17N3O5S/c1-9-7-10(17(18)19)5-6-11(9)23(20,21)16-13-8-12(22-15-13)14(2,3)4/h5-8H,1-4H3,(H,15,16). The maximum Gasteiger partial charge on any atom is 0.269 e. The van der Waals surface area contributed by atoms with Gasteiger partial charge in [-0.15, -0.1) is 0 Å². The maximum absolute atomic E-state index is 12.4. The molecule has 1 N–H and O–H groups in total. The molecular weight excluding hydrogens is 322 g/mol. The number of nitro groups is 1. The van der Waals surface area contributed by atoms with E-state index in [1.165, 1.54) is 25.1 Å². The van der Waals surface area contributed by atoms with Gasteiger partial charge in [0.05, 0.1) is 9.82 Å². The minimum atomic E-state index is -3.91. The van der Waals surface area contributed by atoms with Gasteiger partial charge in [-0.3, -0.25) is 14.8 Å². The van der Waals surface area contributed by atoms with Gasteiger partial charge in [-0.2, -0.15) is 0 Å². The zero-order valence-corrected chi connectivity index (χ0v) is 14.0. The smallest absolute Gasteiger partial charge is 0.269 e. The van der Waals surface area contributed by atoms with E-state index >= 15 is 0 Å². The predicted octanol–water partition coefficient (Wildman–Crippen LogP) is 2.99. The van der Waals surface area contributed by atoms with Crippen LogP contribution < -0.4 is 4.72 Å². The molecule has 0 unspecified atom stereocenters. The van der Waals surface area contributed by atoms with Crippen LogP contribution in [0.1, 0.15) is 32.1 Å². The molecule has 0 atom stereocenters. The normalized spacial score (nSPS) is 12.2. The molecule has 0 fully saturated rings. The Morgan fingerprint density at radius 1 is 1.26 bits per heavy atom. The Bertz CT molecular complexity index is 850. The van der Waals surface area contributed by atoms with Gasteiger partial charge in [-0.05, 0) is 18.6 Å². The summed E-state index contributed by atoms with van der Waals surface area (Å²) in [5.74, 6) is 0.600. The molecule has 1 heterocycles. The van der Waals surface area contributed by atoms with Crippen molar-refractivity contribution < 1.29 is 17.9 Å². The third-order valence-electron chi connectivity index (χ3n) is 3.15. The number of rotatable bonds is 4. The summed E-state index contributed by atoms with van der Waals surface area (Å²) in [6.45, 7) is 7.22. The van der Waals surface area contributed by atoms with E-state index in [1.807, 2.05) is 20.8 Å². The molecule has 2 rings (SSSR count). The van der Waals surface area contributed by atoms with Crippen molar-refractivity contribution in [2.75, 3.05) is 4.72 Å². The van der Waals surface area contributed by atoms with Crippen molar-refractivity contribution >= 4 is 21.5 Å². The second kappa shape index (κ2) is 5.65. The minimum Gasteiger partial charge on any atom is -0.359 e. The number of nitrogens with zero attached hydrogens (tertiary/aromatic N) is 2. The summed E-state index contributed by atoms with van der Waals surface area (Å²) in [6.07, 6.45) is 0. The molecule has 0 aliphatic rings. The van der Waals surface area contributed by atoms with E-state index in [1.54, 1.807) is 0 Å². The molecule has 0 spiro atoms. The minimum absolute atomic E-state index is 0.0524. The molecule has 124 valence electrons. The fourth-order valence-corrected chi connectivity index (χ4v) is 3.13. The zero-order chi connectivity index (χ0) is 17.4. The van der Waals surface area contributed by atoms with Crippen LogP contribution in [0.5, 0.6) is 0 Å². The molecule has 0 amide bonds. The largest absolute Gasteiger partial charge is 0.359 e. The Morgan fingerprint density at radius 3 is 2.39 bits per heavy atom. The van der Waals surface area contributed by atoms with E-state index in [0.717, 1.165) is 6.07 Å². The second-order valence-electron chi connectivity index (χ2n) is 6.14. The van der Waals surface area contributed by atoms with Gasteiger partial charge in [-0.1, -0.05) is 25.9 Å². The van der Waals surface area contributed by atoms with Crippen molar-refractivity contribution in [2.24, 2.45) is 0 Å². The van der Waals surface area contributed by atoms with Crippen LogP contribution in [0.3, 0.4) is 0 Å². The third-order valence-corrected chi connectivity index (χ3v) is 4.66. The summed E-state index contributed by atoms with van der Waals surface area (Å²) < 4.78 is 32.2. The van der Waals surface area contributed by atoms with E-state index in [2.05, 4.69) is 9.88 Å². The number of aromatic nitrogens is 1. The molecule has 9 heteroatoms. The highest BCUT2D eigenvalue weighted by Gasteiger charge is 2.24. The molecule has 0 aliphatic heterocycles. The highest BCUT2D eigenvalue weighted by atomic mass is 32.2. The molecule has 0 saturated carbocycles. The van der Waals surface area contributed by atoms with E-state index in [9.17, 15) is 18.5 Å². The number of sulfonamides is 1. The van der Waals surface area contributed by atoms with Gasteiger partial charge in [0.2, 0.25) is 0 Å². The first-order valence-electron chi connectivity index (χ1n) is 6.76. The van der Waals surface area contributed by atoms with Crippen molar-refractivity contribution in [1.29, 1.82) is 0 Å². The number of benzene rings is 1. The van der Waals surface area contributed by atoms with Gasteiger partial charge < -0.3 is 4.52 Å². The van der Waals surface area contributed by atoms with Gasteiger partial charge in [0.25, 0.3) is 15.7 Å². The summed E-state index contributed by atoms with van der Waals surface area (Å²) in [4.78, 5) is 10.1. The Labute approximate surface area is 133 Å². The van der Waals surface area contributed by atoms with Gasteiger partial charge in [0, 0.05) is 23.6 Å². The van der Waals surface area contributed by atoms with Crippen LogP contribution in [0.4, 0.5) is 11.5 Å². The molecule has 23 heavy (non-hydrogen) atoms. The first kappa shape index (κ1) is 16.9. The van der Waals surface area contributed by atoms with E-state index < -0.39 is 14.9 Å². The monoisotopic (exact) mass is 339 g/mol. The third kappa shape index (κ3) is 3.67. The lowest BCUT2D eigenvalue weighted by atomic mass is 9.93. The fraction of sp³-hybridized carbons (Fsp3) is 0.357. The Morgan fingerprint density at radius 2 is 1.91 bits per heavy atom. The molecule has 0 radical (unpaired) electrons.